The molecule has 182 valence electrons. The van der Waals surface area contributed by atoms with Crippen LogP contribution < -0.4 is 0 Å². The van der Waals surface area contributed by atoms with Gasteiger partial charge in [-0.05, 0) is 50.5 Å². The van der Waals surface area contributed by atoms with Crippen LogP contribution in [0.3, 0.4) is 0 Å². The van der Waals surface area contributed by atoms with E-state index in [1.54, 1.807) is 0 Å². The minimum absolute atomic E-state index is 0.0410. The molecule has 33 heavy (non-hydrogen) atoms. The van der Waals surface area contributed by atoms with E-state index in [0.29, 0.717) is 18.4 Å². The highest BCUT2D eigenvalue weighted by Crippen LogP contribution is 2.60. The molecule has 1 aliphatic carbocycles. The van der Waals surface area contributed by atoms with Crippen LogP contribution in [0.4, 0.5) is 0 Å². The highest BCUT2D eigenvalue weighted by Gasteiger charge is 2.69. The molecule has 0 aromatic heterocycles. The molecule has 0 radical (unpaired) electrons. The molecular weight excluding hydrogens is 424 g/mol. The van der Waals surface area contributed by atoms with Crippen molar-refractivity contribution in [3.05, 3.63) is 35.9 Å². The van der Waals surface area contributed by atoms with Gasteiger partial charge in [0.1, 0.15) is 0 Å². The lowest BCUT2D eigenvalue weighted by Crippen LogP contribution is -2.70. The molecule has 1 unspecified atom stereocenters. The topological polar surface area (TPSA) is 72.5 Å². The van der Waals surface area contributed by atoms with Gasteiger partial charge in [0.05, 0.1) is 19.1 Å². The molecule has 7 nitrogen and oxygen atoms in total. The summed E-state index contributed by atoms with van der Waals surface area (Å²) >= 11 is 0. The monoisotopic (exact) mass is 460 g/mol. The molecule has 2 bridgehead atoms. The van der Waals surface area contributed by atoms with Crippen molar-refractivity contribution >= 4 is 5.97 Å². The number of carbonyl (C=O) groups is 1. The van der Waals surface area contributed by atoms with Gasteiger partial charge in [-0.3, -0.25) is 4.79 Å². The van der Waals surface area contributed by atoms with Gasteiger partial charge in [0, 0.05) is 18.3 Å². The van der Waals surface area contributed by atoms with Gasteiger partial charge in [-0.2, -0.15) is 0 Å². The first-order valence-electron chi connectivity index (χ1n) is 12.4. The predicted octanol–water partition coefficient (Wildman–Crippen LogP) is 4.91. The molecule has 4 heterocycles. The molecule has 9 atom stereocenters. The maximum absolute atomic E-state index is 12.4. The lowest BCUT2D eigenvalue weighted by atomic mass is 9.58. The van der Waals surface area contributed by atoms with Crippen molar-refractivity contribution in [2.75, 3.05) is 6.61 Å². The van der Waals surface area contributed by atoms with E-state index >= 15 is 0 Å². The molecule has 1 spiro atoms. The first-order valence-corrected chi connectivity index (χ1v) is 12.4. The first-order chi connectivity index (χ1) is 15.9. The number of esters is 1. The van der Waals surface area contributed by atoms with E-state index in [1.165, 1.54) is 0 Å². The van der Waals surface area contributed by atoms with E-state index in [4.69, 9.17) is 28.7 Å². The summed E-state index contributed by atoms with van der Waals surface area (Å²) in [7, 11) is 0. The summed E-state index contributed by atoms with van der Waals surface area (Å²) in [5.74, 6) is -0.0915. The van der Waals surface area contributed by atoms with E-state index in [1.807, 2.05) is 44.2 Å². The zero-order valence-corrected chi connectivity index (χ0v) is 20.0. The second-order valence-electron chi connectivity index (χ2n) is 10.3. The van der Waals surface area contributed by atoms with Gasteiger partial charge in [0.15, 0.2) is 18.2 Å². The van der Waals surface area contributed by atoms with E-state index in [2.05, 4.69) is 13.8 Å². The van der Waals surface area contributed by atoms with Crippen LogP contribution in [0.15, 0.2) is 30.3 Å². The number of rotatable bonds is 6. The van der Waals surface area contributed by atoms with Crippen molar-refractivity contribution in [3.8, 4) is 0 Å². The normalized spacial score (nSPS) is 42.8. The summed E-state index contributed by atoms with van der Waals surface area (Å²) in [5, 5.41) is 0. The van der Waals surface area contributed by atoms with Crippen LogP contribution in [-0.2, 0) is 33.5 Å². The smallest absolute Gasteiger partial charge is 0.308 e. The minimum Gasteiger partial charge on any atom is -0.466 e. The van der Waals surface area contributed by atoms with Crippen LogP contribution in [0.2, 0.25) is 0 Å². The zero-order chi connectivity index (χ0) is 23.2. The van der Waals surface area contributed by atoms with E-state index in [0.717, 1.165) is 31.2 Å². The Morgan fingerprint density at radius 1 is 1.12 bits per heavy atom. The van der Waals surface area contributed by atoms with E-state index < -0.39 is 30.1 Å². The molecule has 0 N–H and O–H groups in total. The Morgan fingerprint density at radius 2 is 1.91 bits per heavy atom. The number of ether oxygens (including phenoxy) is 4. The van der Waals surface area contributed by atoms with E-state index in [-0.39, 0.29) is 24.2 Å². The summed E-state index contributed by atoms with van der Waals surface area (Å²) in [5.41, 5.74) is 0.294. The molecule has 1 aromatic rings. The van der Waals surface area contributed by atoms with Crippen molar-refractivity contribution in [1.82, 2.24) is 0 Å². The molecule has 4 saturated heterocycles. The van der Waals surface area contributed by atoms with E-state index in [9.17, 15) is 4.79 Å². The molecule has 5 fully saturated rings. The first kappa shape index (κ1) is 23.2. The summed E-state index contributed by atoms with van der Waals surface area (Å²) in [6, 6.07) is 9.79. The quantitative estimate of drug-likeness (QED) is 0.441. The Morgan fingerprint density at radius 3 is 2.67 bits per heavy atom. The average molecular weight is 461 g/mol. The maximum atomic E-state index is 12.4. The van der Waals surface area contributed by atoms with Crippen LogP contribution in [0.1, 0.15) is 71.5 Å². The fourth-order valence-electron chi connectivity index (χ4n) is 6.47. The third kappa shape index (κ3) is 4.02. The Labute approximate surface area is 195 Å². The Kier molecular flexibility index (Phi) is 6.29. The summed E-state index contributed by atoms with van der Waals surface area (Å²) in [6.07, 6.45) is 2.43. The van der Waals surface area contributed by atoms with Crippen LogP contribution in [0.25, 0.3) is 0 Å². The summed E-state index contributed by atoms with van der Waals surface area (Å²) in [6.45, 7) is 8.52. The molecule has 4 aliphatic heterocycles. The highest BCUT2D eigenvalue weighted by atomic mass is 17.3. The number of hydrogen-bond acceptors (Lipinski definition) is 7. The van der Waals surface area contributed by atoms with Gasteiger partial charge >= 0.3 is 5.97 Å². The SMILES string of the molecule is CCOC(=O)C[C@H](O[C@H]1O[C@@H]2O[C@@]3(C)CC[C@H]4[C@H](C)CCC([C@H]1C)[C@@]24OO3)c1ccccc1. The maximum Gasteiger partial charge on any atom is 0.308 e. The van der Waals surface area contributed by atoms with Crippen molar-refractivity contribution in [2.24, 2.45) is 23.7 Å². The largest absolute Gasteiger partial charge is 0.466 e. The van der Waals surface area contributed by atoms with Gasteiger partial charge in [-0.1, -0.05) is 44.2 Å². The second kappa shape index (κ2) is 8.93. The lowest BCUT2D eigenvalue weighted by Gasteiger charge is -2.60. The van der Waals surface area contributed by atoms with Crippen molar-refractivity contribution in [1.29, 1.82) is 0 Å². The molecule has 1 saturated carbocycles. The molecule has 0 amide bonds. The van der Waals surface area contributed by atoms with Crippen LogP contribution in [-0.4, -0.2) is 36.5 Å². The Hall–Kier alpha value is -1.51. The molecule has 1 aromatic carbocycles. The van der Waals surface area contributed by atoms with Crippen LogP contribution in [0, 0.1) is 23.7 Å². The zero-order valence-electron chi connectivity index (χ0n) is 20.0. The molecule has 7 heteroatoms. The predicted molar refractivity (Wildman–Crippen MR) is 118 cm³/mol. The third-order valence-electron chi connectivity index (χ3n) is 8.22. The van der Waals surface area contributed by atoms with Gasteiger partial charge in [-0.25, -0.2) is 9.78 Å². The van der Waals surface area contributed by atoms with Crippen LogP contribution >= 0.6 is 0 Å². The van der Waals surface area contributed by atoms with Gasteiger partial charge in [0.2, 0.25) is 5.79 Å². The third-order valence-corrected chi connectivity index (χ3v) is 8.22. The number of carbonyl (C=O) groups excluding carboxylic acids is 1. The molecular formula is C26H36O7. The average Bonchev–Trinajstić information content (AvgIpc) is 3.03. The summed E-state index contributed by atoms with van der Waals surface area (Å²) in [4.78, 5) is 24.5. The highest BCUT2D eigenvalue weighted by molar-refractivity contribution is 5.70. The van der Waals surface area contributed by atoms with Gasteiger partial charge < -0.3 is 18.9 Å². The van der Waals surface area contributed by atoms with Crippen molar-refractivity contribution in [3.63, 3.8) is 0 Å². The van der Waals surface area contributed by atoms with Crippen LogP contribution in [0.5, 0.6) is 0 Å². The Balaban J connectivity index is 1.43. The number of fused-ring (bicyclic) bond motifs is 2. The standard InChI is InChI=1S/C26H36O7/c1-5-28-22(27)15-21(18-9-7-6-8-10-18)29-23-17(3)20-12-11-16(2)19-13-14-25(4)31-24(30-23)26(19,20)33-32-25/h6-10,16-17,19-21,23-24H,5,11-15H2,1-4H3/t16-,17-,19+,20?,21+,23+,24-,25-,26-/m1/s1. The lowest BCUT2D eigenvalue weighted by molar-refractivity contribution is -0.578. The second-order valence-corrected chi connectivity index (χ2v) is 10.3. The van der Waals surface area contributed by atoms with Gasteiger partial charge in [0.25, 0.3) is 0 Å². The fourth-order valence-corrected chi connectivity index (χ4v) is 6.47. The Bertz CT molecular complexity index is 846. The minimum atomic E-state index is -0.827. The van der Waals surface area contributed by atoms with Crippen molar-refractivity contribution < 1.29 is 33.5 Å². The van der Waals surface area contributed by atoms with Crippen molar-refractivity contribution in [2.45, 2.75) is 89.9 Å². The molecule has 5 aliphatic rings. The number of hydrogen-bond donors (Lipinski definition) is 0. The molecule has 6 rings (SSSR count). The fraction of sp³-hybridized carbons (Fsp3) is 0.731. The number of benzene rings is 1. The van der Waals surface area contributed by atoms with Gasteiger partial charge in [-0.15, -0.1) is 0 Å². The summed E-state index contributed by atoms with van der Waals surface area (Å²) < 4.78 is 24.7.